The average molecular weight is 208 g/mol. The molecule has 84 valence electrons. The molecule has 0 spiro atoms. The van der Waals surface area contributed by atoms with Crippen molar-refractivity contribution < 1.29 is 0 Å². The van der Waals surface area contributed by atoms with E-state index in [1.807, 2.05) is 7.05 Å². The van der Waals surface area contributed by atoms with Crippen LogP contribution in [0.4, 0.5) is 0 Å². The van der Waals surface area contributed by atoms with Crippen LogP contribution in [0.2, 0.25) is 0 Å². The Hall–Kier alpha value is 0.270. The van der Waals surface area contributed by atoms with Gasteiger partial charge in [-0.25, -0.2) is 0 Å². The van der Waals surface area contributed by atoms with Gasteiger partial charge >= 0.3 is 0 Å². The molecule has 0 heterocycles. The Morgan fingerprint density at radius 3 is 1.46 bits per heavy atom. The van der Waals surface area contributed by atoms with E-state index in [-0.39, 0.29) is 0 Å². The highest BCUT2D eigenvalue weighted by molar-refractivity contribution is 7.77. The summed E-state index contributed by atoms with van der Waals surface area (Å²) < 4.78 is 0. The van der Waals surface area contributed by atoms with Crippen molar-refractivity contribution in [2.24, 2.45) is 10.6 Å². The number of nitrogens with one attached hydrogen (secondary N) is 1. The summed E-state index contributed by atoms with van der Waals surface area (Å²) in [5, 5.41) is 7.12. The van der Waals surface area contributed by atoms with Crippen LogP contribution in [0.3, 0.4) is 0 Å². The Labute approximate surface area is 90.2 Å². The number of hydrogen-bond acceptors (Lipinski definition) is 3. The largest absolute Gasteiger partial charge is 0.320 e. The minimum Gasteiger partial charge on any atom is -0.320 e. The highest BCUT2D eigenvalue weighted by Gasteiger charge is 2.06. The molecule has 0 aliphatic rings. The predicted octanol–water partition coefficient (Wildman–Crippen LogP) is 2.85. The van der Waals surface area contributed by atoms with Crippen LogP contribution < -0.4 is 10.5 Å². The zero-order valence-electron chi connectivity index (χ0n) is 10.1. The quantitative estimate of drug-likeness (QED) is 0.611. The molecule has 0 saturated heterocycles. The summed E-state index contributed by atoms with van der Waals surface area (Å²) in [7, 11) is 1.93. The van der Waals surface area contributed by atoms with Gasteiger partial charge in [0.15, 0.2) is 0 Å². The SMILES string of the molecule is CCCC(C)(C)C.CCNC.NS. The third kappa shape index (κ3) is 46.6. The molecule has 0 bridgehead atoms. The lowest BCUT2D eigenvalue weighted by atomic mass is 9.91. The van der Waals surface area contributed by atoms with Gasteiger partial charge in [0.05, 0.1) is 0 Å². The highest BCUT2D eigenvalue weighted by Crippen LogP contribution is 2.19. The minimum absolute atomic E-state index is 0.550. The second-order valence-corrected chi connectivity index (χ2v) is 4.02. The molecule has 0 aromatic carbocycles. The molecule has 0 saturated carbocycles. The smallest absolute Gasteiger partial charge is 0.00804 e. The van der Waals surface area contributed by atoms with Crippen LogP contribution in [-0.4, -0.2) is 13.6 Å². The molecule has 0 radical (unpaired) electrons. The summed E-state index contributed by atoms with van der Waals surface area (Å²) >= 11 is 3.03. The van der Waals surface area contributed by atoms with Gasteiger partial charge in [-0.3, -0.25) is 5.14 Å². The lowest BCUT2D eigenvalue weighted by Crippen LogP contribution is -2.02. The van der Waals surface area contributed by atoms with E-state index in [9.17, 15) is 0 Å². The zero-order chi connectivity index (χ0) is 11.3. The summed E-state index contributed by atoms with van der Waals surface area (Å²) in [4.78, 5) is 0. The van der Waals surface area contributed by atoms with E-state index in [4.69, 9.17) is 0 Å². The summed E-state index contributed by atoms with van der Waals surface area (Å²) in [5.74, 6) is 0. The maximum absolute atomic E-state index is 4.19. The van der Waals surface area contributed by atoms with Crippen molar-refractivity contribution in [1.29, 1.82) is 0 Å². The van der Waals surface area contributed by atoms with Crippen LogP contribution in [-0.2, 0) is 0 Å². The van der Waals surface area contributed by atoms with Crippen LogP contribution >= 0.6 is 12.8 Å². The number of hydrogen-bond donors (Lipinski definition) is 3. The first-order valence-corrected chi connectivity index (χ1v) is 5.40. The van der Waals surface area contributed by atoms with Crippen LogP contribution in [0.5, 0.6) is 0 Å². The van der Waals surface area contributed by atoms with Crippen molar-refractivity contribution in [3.63, 3.8) is 0 Å². The maximum Gasteiger partial charge on any atom is -0.00804 e. The van der Waals surface area contributed by atoms with Crippen molar-refractivity contribution in [2.45, 2.75) is 47.5 Å². The van der Waals surface area contributed by atoms with Gasteiger partial charge in [-0.1, -0.05) is 41.0 Å². The first kappa shape index (κ1) is 18.9. The maximum atomic E-state index is 4.19. The Bertz CT molecular complexity index is 67.8. The van der Waals surface area contributed by atoms with Gasteiger partial charge < -0.3 is 5.32 Å². The first-order chi connectivity index (χ1) is 5.97. The Morgan fingerprint density at radius 2 is 1.46 bits per heavy atom. The van der Waals surface area contributed by atoms with Crippen molar-refractivity contribution in [3.05, 3.63) is 0 Å². The van der Waals surface area contributed by atoms with E-state index in [1.54, 1.807) is 0 Å². The predicted molar refractivity (Wildman–Crippen MR) is 67.1 cm³/mol. The standard InChI is InChI=1S/C7H16.C3H9N.H3NS/c1-5-6-7(2,3)4;1-3-4-2;1-2/h5-6H2,1-4H3;4H,3H2,1-2H3;2H,1H2. The Kier molecular flexibility index (Phi) is 21.5. The van der Waals surface area contributed by atoms with Crippen LogP contribution in [0.25, 0.3) is 0 Å². The summed E-state index contributed by atoms with van der Waals surface area (Å²) in [6.07, 6.45) is 2.65. The summed E-state index contributed by atoms with van der Waals surface area (Å²) in [6, 6.07) is 0. The van der Waals surface area contributed by atoms with Crippen molar-refractivity contribution >= 4 is 12.8 Å². The second-order valence-electron chi connectivity index (χ2n) is 4.02. The molecule has 3 N–H and O–H groups in total. The number of thiol groups is 1. The molecule has 0 atom stereocenters. The fraction of sp³-hybridized carbons (Fsp3) is 1.00. The van der Waals surface area contributed by atoms with Gasteiger partial charge in [-0.15, -0.1) is 12.8 Å². The van der Waals surface area contributed by atoms with E-state index < -0.39 is 0 Å². The minimum atomic E-state index is 0.550. The molecule has 13 heavy (non-hydrogen) atoms. The molecule has 0 aromatic rings. The second kappa shape index (κ2) is 14.8. The average Bonchev–Trinajstić information content (AvgIpc) is 2.07. The highest BCUT2D eigenvalue weighted by atomic mass is 32.1. The molecule has 0 aromatic heterocycles. The van der Waals surface area contributed by atoms with E-state index in [0.29, 0.717) is 5.41 Å². The number of rotatable bonds is 2. The summed E-state index contributed by atoms with van der Waals surface area (Å²) in [5.41, 5.74) is 0.550. The normalized spacial score (nSPS) is 9.23. The van der Waals surface area contributed by atoms with E-state index in [2.05, 4.69) is 57.9 Å². The first-order valence-electron chi connectivity index (χ1n) is 4.88. The molecule has 0 rings (SSSR count). The van der Waals surface area contributed by atoms with Crippen LogP contribution in [0.15, 0.2) is 0 Å². The van der Waals surface area contributed by atoms with Crippen molar-refractivity contribution in [1.82, 2.24) is 5.32 Å². The monoisotopic (exact) mass is 208 g/mol. The molecule has 2 nitrogen and oxygen atoms in total. The van der Waals surface area contributed by atoms with Crippen LogP contribution in [0.1, 0.15) is 47.5 Å². The molecule has 0 amide bonds. The van der Waals surface area contributed by atoms with E-state index in [0.717, 1.165) is 6.54 Å². The third-order valence-electron chi connectivity index (χ3n) is 1.35. The molecule has 3 heteroatoms. The van der Waals surface area contributed by atoms with Crippen molar-refractivity contribution in [2.75, 3.05) is 13.6 Å². The topological polar surface area (TPSA) is 38.0 Å². The van der Waals surface area contributed by atoms with Gasteiger partial charge in [-0.05, 0) is 25.4 Å². The summed E-state index contributed by atoms with van der Waals surface area (Å²) in [6.45, 7) is 12.2. The molecule has 0 unspecified atom stereocenters. The van der Waals surface area contributed by atoms with Gasteiger partial charge in [0.2, 0.25) is 0 Å². The van der Waals surface area contributed by atoms with Gasteiger partial charge in [0.25, 0.3) is 0 Å². The van der Waals surface area contributed by atoms with Crippen molar-refractivity contribution in [3.8, 4) is 0 Å². The lowest BCUT2D eigenvalue weighted by molar-refractivity contribution is 0.373. The molecular formula is C10H28N2S. The molecular weight excluding hydrogens is 180 g/mol. The zero-order valence-corrected chi connectivity index (χ0v) is 11.0. The van der Waals surface area contributed by atoms with E-state index >= 15 is 0 Å². The van der Waals surface area contributed by atoms with Gasteiger partial charge in [0, 0.05) is 0 Å². The fourth-order valence-corrected chi connectivity index (χ4v) is 0.750. The Morgan fingerprint density at radius 1 is 1.15 bits per heavy atom. The molecule has 0 fully saturated rings. The number of nitrogens with two attached hydrogens (primary N) is 1. The third-order valence-corrected chi connectivity index (χ3v) is 1.35. The molecule has 0 aliphatic carbocycles. The van der Waals surface area contributed by atoms with E-state index in [1.165, 1.54) is 12.8 Å². The lowest BCUT2D eigenvalue weighted by Gasteiger charge is -2.15. The Balaban J connectivity index is -0.000000142. The van der Waals surface area contributed by atoms with Crippen LogP contribution in [0, 0.1) is 5.41 Å². The van der Waals surface area contributed by atoms with Gasteiger partial charge in [-0.2, -0.15) is 0 Å². The molecule has 0 aliphatic heterocycles. The van der Waals surface area contributed by atoms with Gasteiger partial charge in [0.1, 0.15) is 0 Å². The fourth-order valence-electron chi connectivity index (χ4n) is 0.750.